The Kier molecular flexibility index (Phi) is 4.03. The predicted octanol–water partition coefficient (Wildman–Crippen LogP) is -0.00630. The standard InChI is InChI=1S/C11H15N3O3/c1-7(11(17)14(2)3)13-10(16)8-4-9(15)6-12-5-8/h4-7,15H,1-3H3,(H,13,16). The second-order valence-corrected chi connectivity index (χ2v) is 3.86. The average Bonchev–Trinajstić information content (AvgIpc) is 2.27. The fourth-order valence-corrected chi connectivity index (χ4v) is 1.28. The number of pyridine rings is 1. The fraction of sp³-hybridized carbons (Fsp3) is 0.364. The fourth-order valence-electron chi connectivity index (χ4n) is 1.28. The van der Waals surface area contributed by atoms with E-state index in [1.165, 1.54) is 23.4 Å². The van der Waals surface area contributed by atoms with Crippen LogP contribution in [0, 0.1) is 0 Å². The van der Waals surface area contributed by atoms with Crippen LogP contribution in [0.25, 0.3) is 0 Å². The molecule has 0 fully saturated rings. The third-order valence-corrected chi connectivity index (χ3v) is 2.14. The van der Waals surface area contributed by atoms with E-state index in [0.29, 0.717) is 0 Å². The second kappa shape index (κ2) is 5.29. The minimum Gasteiger partial charge on any atom is -0.506 e. The van der Waals surface area contributed by atoms with Crippen LogP contribution in [0.4, 0.5) is 0 Å². The summed E-state index contributed by atoms with van der Waals surface area (Å²) in [6.45, 7) is 1.59. The van der Waals surface area contributed by atoms with Crippen LogP contribution in [-0.2, 0) is 4.79 Å². The topological polar surface area (TPSA) is 82.5 Å². The highest BCUT2D eigenvalue weighted by Gasteiger charge is 2.18. The molecule has 1 aromatic rings. The molecule has 1 aromatic heterocycles. The van der Waals surface area contributed by atoms with Crippen LogP contribution < -0.4 is 5.32 Å². The maximum absolute atomic E-state index is 11.7. The van der Waals surface area contributed by atoms with Crippen LogP contribution >= 0.6 is 0 Å². The summed E-state index contributed by atoms with van der Waals surface area (Å²) < 4.78 is 0. The Labute approximate surface area is 99.3 Å². The molecule has 0 spiro atoms. The first kappa shape index (κ1) is 13.0. The van der Waals surface area contributed by atoms with Crippen molar-refractivity contribution >= 4 is 11.8 Å². The van der Waals surface area contributed by atoms with Crippen LogP contribution in [0.15, 0.2) is 18.5 Å². The van der Waals surface area contributed by atoms with E-state index in [1.54, 1.807) is 21.0 Å². The molecule has 2 amide bonds. The normalized spacial score (nSPS) is 11.7. The van der Waals surface area contributed by atoms with Crippen molar-refractivity contribution in [1.82, 2.24) is 15.2 Å². The van der Waals surface area contributed by atoms with Gasteiger partial charge in [-0.15, -0.1) is 0 Å². The Morgan fingerprint density at radius 1 is 1.41 bits per heavy atom. The molecular formula is C11H15N3O3. The first-order chi connectivity index (χ1) is 7.91. The van der Waals surface area contributed by atoms with Gasteiger partial charge in [-0.05, 0) is 13.0 Å². The lowest BCUT2D eigenvalue weighted by atomic mass is 10.2. The second-order valence-electron chi connectivity index (χ2n) is 3.86. The molecule has 0 saturated carbocycles. The number of hydrogen-bond acceptors (Lipinski definition) is 4. The molecule has 2 N–H and O–H groups in total. The van der Waals surface area contributed by atoms with Crippen LogP contribution in [-0.4, -0.2) is 46.9 Å². The van der Waals surface area contributed by atoms with Gasteiger partial charge in [-0.2, -0.15) is 0 Å². The van der Waals surface area contributed by atoms with Crippen LogP contribution in [0.1, 0.15) is 17.3 Å². The summed E-state index contributed by atoms with van der Waals surface area (Å²) in [5.74, 6) is -0.744. The van der Waals surface area contributed by atoms with Gasteiger partial charge in [0.05, 0.1) is 11.8 Å². The molecule has 6 nitrogen and oxygen atoms in total. The molecule has 0 aromatic carbocycles. The first-order valence-electron chi connectivity index (χ1n) is 5.08. The smallest absolute Gasteiger partial charge is 0.253 e. The Bertz CT molecular complexity index is 432. The third kappa shape index (κ3) is 3.44. The summed E-state index contributed by atoms with van der Waals surface area (Å²) in [7, 11) is 3.22. The molecule has 1 unspecified atom stereocenters. The molecular weight excluding hydrogens is 222 g/mol. The highest BCUT2D eigenvalue weighted by molar-refractivity contribution is 5.97. The van der Waals surface area contributed by atoms with Crippen molar-refractivity contribution < 1.29 is 14.7 Å². The molecule has 92 valence electrons. The maximum Gasteiger partial charge on any atom is 0.253 e. The molecule has 1 rings (SSSR count). The molecule has 0 radical (unpaired) electrons. The lowest BCUT2D eigenvalue weighted by Crippen LogP contribution is -2.44. The van der Waals surface area contributed by atoms with Gasteiger partial charge in [0.25, 0.3) is 5.91 Å². The van der Waals surface area contributed by atoms with Gasteiger partial charge in [0.1, 0.15) is 11.8 Å². The molecule has 1 heterocycles. The number of carbonyl (C=O) groups is 2. The average molecular weight is 237 g/mol. The van der Waals surface area contributed by atoms with Crippen molar-refractivity contribution in [2.24, 2.45) is 0 Å². The molecule has 0 bridgehead atoms. The van der Waals surface area contributed by atoms with Gasteiger partial charge in [-0.3, -0.25) is 14.6 Å². The summed E-state index contributed by atoms with van der Waals surface area (Å²) in [4.78, 5) is 28.3. The number of likely N-dealkylation sites (N-methyl/N-ethyl adjacent to an activating group) is 1. The number of rotatable bonds is 3. The Morgan fingerprint density at radius 3 is 2.59 bits per heavy atom. The zero-order valence-electron chi connectivity index (χ0n) is 9.97. The summed E-state index contributed by atoms with van der Waals surface area (Å²) in [5, 5.41) is 11.7. The van der Waals surface area contributed by atoms with E-state index in [0.717, 1.165) is 0 Å². The molecule has 0 aliphatic carbocycles. The van der Waals surface area contributed by atoms with Gasteiger partial charge in [-0.25, -0.2) is 0 Å². The molecule has 0 aliphatic heterocycles. The number of amides is 2. The van der Waals surface area contributed by atoms with E-state index in [2.05, 4.69) is 10.3 Å². The summed E-state index contributed by atoms with van der Waals surface area (Å²) >= 11 is 0. The van der Waals surface area contributed by atoms with E-state index in [9.17, 15) is 14.7 Å². The quantitative estimate of drug-likeness (QED) is 0.774. The van der Waals surface area contributed by atoms with Gasteiger partial charge in [-0.1, -0.05) is 0 Å². The molecule has 1 atom stereocenters. The van der Waals surface area contributed by atoms with Gasteiger partial charge >= 0.3 is 0 Å². The summed E-state index contributed by atoms with van der Waals surface area (Å²) in [5.41, 5.74) is 0.211. The van der Waals surface area contributed by atoms with Gasteiger partial charge < -0.3 is 15.3 Å². The Balaban J connectivity index is 2.70. The van der Waals surface area contributed by atoms with Crippen molar-refractivity contribution in [1.29, 1.82) is 0 Å². The zero-order chi connectivity index (χ0) is 13.0. The van der Waals surface area contributed by atoms with Crippen molar-refractivity contribution in [3.8, 4) is 5.75 Å². The highest BCUT2D eigenvalue weighted by atomic mass is 16.3. The van der Waals surface area contributed by atoms with Crippen molar-refractivity contribution in [3.05, 3.63) is 24.0 Å². The molecule has 0 aliphatic rings. The number of aromatic nitrogens is 1. The Hall–Kier alpha value is -2.11. The van der Waals surface area contributed by atoms with Gasteiger partial charge in [0, 0.05) is 20.3 Å². The largest absolute Gasteiger partial charge is 0.506 e. The highest BCUT2D eigenvalue weighted by Crippen LogP contribution is 2.08. The van der Waals surface area contributed by atoms with Crippen LogP contribution in [0.3, 0.4) is 0 Å². The van der Waals surface area contributed by atoms with Crippen molar-refractivity contribution in [3.63, 3.8) is 0 Å². The van der Waals surface area contributed by atoms with E-state index in [4.69, 9.17) is 0 Å². The third-order valence-electron chi connectivity index (χ3n) is 2.14. The SMILES string of the molecule is CC(NC(=O)c1cncc(O)c1)C(=O)N(C)C. The summed E-state index contributed by atoms with van der Waals surface area (Å²) in [6.07, 6.45) is 2.55. The first-order valence-corrected chi connectivity index (χ1v) is 5.08. The van der Waals surface area contributed by atoms with Gasteiger partial charge in [0.15, 0.2) is 0 Å². The molecule has 17 heavy (non-hydrogen) atoms. The van der Waals surface area contributed by atoms with Crippen molar-refractivity contribution in [2.45, 2.75) is 13.0 Å². The van der Waals surface area contributed by atoms with E-state index >= 15 is 0 Å². The van der Waals surface area contributed by atoms with E-state index in [1.807, 2.05) is 0 Å². The number of nitrogens with one attached hydrogen (secondary N) is 1. The molecule has 6 heteroatoms. The number of carbonyl (C=O) groups excluding carboxylic acids is 2. The number of hydrogen-bond donors (Lipinski definition) is 2. The zero-order valence-corrected chi connectivity index (χ0v) is 9.97. The van der Waals surface area contributed by atoms with Gasteiger partial charge in [0.2, 0.25) is 5.91 Å². The summed E-state index contributed by atoms with van der Waals surface area (Å²) in [6, 6.07) is 0.662. The maximum atomic E-state index is 11.7. The van der Waals surface area contributed by atoms with Crippen LogP contribution in [0.5, 0.6) is 5.75 Å². The van der Waals surface area contributed by atoms with Crippen LogP contribution in [0.2, 0.25) is 0 Å². The minimum absolute atomic E-state index is 0.0933. The Morgan fingerprint density at radius 2 is 2.06 bits per heavy atom. The monoisotopic (exact) mass is 237 g/mol. The van der Waals surface area contributed by atoms with E-state index in [-0.39, 0.29) is 17.2 Å². The van der Waals surface area contributed by atoms with E-state index < -0.39 is 11.9 Å². The lowest BCUT2D eigenvalue weighted by Gasteiger charge is -2.17. The predicted molar refractivity (Wildman–Crippen MR) is 61.5 cm³/mol. The lowest BCUT2D eigenvalue weighted by molar-refractivity contribution is -0.130. The number of nitrogens with zero attached hydrogens (tertiary/aromatic N) is 2. The minimum atomic E-state index is -0.625. The number of aromatic hydroxyl groups is 1. The molecule has 0 saturated heterocycles. The van der Waals surface area contributed by atoms with Crippen molar-refractivity contribution in [2.75, 3.05) is 14.1 Å².